The van der Waals surface area contributed by atoms with Crippen molar-refractivity contribution in [2.45, 2.75) is 37.8 Å². The molecule has 0 aliphatic heterocycles. The lowest BCUT2D eigenvalue weighted by Crippen LogP contribution is -2.06. The molecule has 0 N–H and O–H groups in total. The summed E-state index contributed by atoms with van der Waals surface area (Å²) in [4.78, 5) is -0.202. The van der Waals surface area contributed by atoms with Gasteiger partial charge in [0.15, 0.2) is 0 Å². The van der Waals surface area contributed by atoms with Gasteiger partial charge in [-0.1, -0.05) is 6.92 Å². The van der Waals surface area contributed by atoms with Crippen LogP contribution in [0.15, 0.2) is 11.1 Å². The van der Waals surface area contributed by atoms with Crippen LogP contribution in [0, 0.1) is 0 Å². The average molecular weight is 303 g/mol. The molecule has 0 saturated heterocycles. The van der Waals surface area contributed by atoms with E-state index in [0.29, 0.717) is 6.54 Å². The number of hydrogen-bond donors (Lipinski definition) is 0. The molecule has 0 spiro atoms. The van der Waals surface area contributed by atoms with Crippen molar-refractivity contribution in [3.05, 3.63) is 11.9 Å². The molecule has 0 bridgehead atoms. The fourth-order valence-electron chi connectivity index (χ4n) is 1.34. The van der Waals surface area contributed by atoms with Crippen LogP contribution in [-0.4, -0.2) is 31.2 Å². The van der Waals surface area contributed by atoms with Crippen LogP contribution >= 0.6 is 10.7 Å². The molecule has 1 rings (SSSR count). The van der Waals surface area contributed by atoms with Crippen molar-refractivity contribution < 1.29 is 21.9 Å². The first kappa shape index (κ1) is 15.3. The molecule has 0 fully saturated rings. The van der Waals surface area contributed by atoms with E-state index >= 15 is 0 Å². The summed E-state index contributed by atoms with van der Waals surface area (Å²) in [5.41, 5.74) is 0.0408. The molecule has 104 valence electrons. The second kappa shape index (κ2) is 6.44. The zero-order valence-corrected chi connectivity index (χ0v) is 11.2. The molecule has 0 aliphatic carbocycles. The van der Waals surface area contributed by atoms with E-state index in [0.717, 1.165) is 6.42 Å². The second-order valence-corrected chi connectivity index (χ2v) is 6.08. The smallest absolute Gasteiger partial charge is 0.264 e. The van der Waals surface area contributed by atoms with Crippen molar-refractivity contribution in [3.8, 4) is 0 Å². The molecule has 1 aromatic rings. The minimum atomic E-state index is -3.96. The zero-order chi connectivity index (χ0) is 13.8. The van der Waals surface area contributed by atoms with Crippen LogP contribution in [0.1, 0.15) is 19.0 Å². The molecule has 0 saturated carbocycles. The predicted octanol–water partition coefficient (Wildman–Crippen LogP) is 2.00. The van der Waals surface area contributed by atoms with Gasteiger partial charge in [-0.05, 0) is 6.42 Å². The molecule has 0 radical (unpaired) electrons. The van der Waals surface area contributed by atoms with E-state index in [-0.39, 0.29) is 17.2 Å². The number of hydrogen-bond acceptors (Lipinski definition) is 4. The molecule has 0 atom stereocenters. The standard InChI is InChI=1S/C9H13ClF2N2O3S/c1-2-3-14-4-8(18(10,15)16)7(13-14)5-17-6-9(11)12/h4,9H,2-3,5-6H2,1H3. The topological polar surface area (TPSA) is 61.2 Å². The number of rotatable bonds is 7. The number of aromatic nitrogens is 2. The summed E-state index contributed by atoms with van der Waals surface area (Å²) in [6.07, 6.45) is -0.591. The highest BCUT2D eigenvalue weighted by Crippen LogP contribution is 2.20. The maximum absolute atomic E-state index is 11.9. The van der Waals surface area contributed by atoms with E-state index in [1.807, 2.05) is 6.92 Å². The van der Waals surface area contributed by atoms with Gasteiger partial charge in [-0.3, -0.25) is 4.68 Å². The molecular formula is C9H13ClF2N2O3S. The molecule has 5 nitrogen and oxygen atoms in total. The largest absolute Gasteiger partial charge is 0.369 e. The van der Waals surface area contributed by atoms with Gasteiger partial charge in [0, 0.05) is 23.4 Å². The third-order valence-electron chi connectivity index (χ3n) is 2.00. The molecule has 18 heavy (non-hydrogen) atoms. The lowest BCUT2D eigenvalue weighted by molar-refractivity contribution is 0.00804. The summed E-state index contributed by atoms with van der Waals surface area (Å²) in [5.74, 6) is 0. The lowest BCUT2D eigenvalue weighted by atomic mass is 10.4. The van der Waals surface area contributed by atoms with Gasteiger partial charge in [-0.2, -0.15) is 5.10 Å². The third-order valence-corrected chi connectivity index (χ3v) is 3.36. The molecular weight excluding hydrogens is 290 g/mol. The fourth-order valence-corrected chi connectivity index (χ4v) is 2.35. The normalized spacial score (nSPS) is 12.3. The highest BCUT2D eigenvalue weighted by Gasteiger charge is 2.20. The lowest BCUT2D eigenvalue weighted by Gasteiger charge is -2.01. The Morgan fingerprint density at radius 2 is 2.22 bits per heavy atom. The number of nitrogens with zero attached hydrogens (tertiary/aromatic N) is 2. The minimum absolute atomic E-state index is 0.0408. The van der Waals surface area contributed by atoms with Crippen LogP contribution in [0.4, 0.5) is 8.78 Å². The summed E-state index contributed by atoms with van der Waals surface area (Å²) in [5, 5.41) is 3.95. The van der Waals surface area contributed by atoms with E-state index in [4.69, 9.17) is 10.7 Å². The molecule has 1 aromatic heterocycles. The average Bonchev–Trinajstić information content (AvgIpc) is 2.61. The quantitative estimate of drug-likeness (QED) is 0.723. The first-order valence-electron chi connectivity index (χ1n) is 5.21. The van der Waals surface area contributed by atoms with Gasteiger partial charge in [-0.25, -0.2) is 17.2 Å². The SMILES string of the molecule is CCCn1cc(S(=O)(=O)Cl)c(COCC(F)F)n1. The predicted molar refractivity (Wildman–Crippen MR) is 61.2 cm³/mol. The molecule has 0 aliphatic rings. The summed E-state index contributed by atoms with van der Waals surface area (Å²) in [6, 6.07) is 0. The maximum Gasteiger partial charge on any atom is 0.264 e. The molecule has 9 heteroatoms. The van der Waals surface area contributed by atoms with Gasteiger partial charge in [0.25, 0.3) is 15.5 Å². The Labute approximate surface area is 108 Å². The van der Waals surface area contributed by atoms with E-state index < -0.39 is 22.1 Å². The van der Waals surface area contributed by atoms with Crippen molar-refractivity contribution in [1.82, 2.24) is 9.78 Å². The Balaban J connectivity index is 2.87. The van der Waals surface area contributed by atoms with Gasteiger partial charge >= 0.3 is 0 Å². The van der Waals surface area contributed by atoms with Crippen LogP contribution in [-0.2, 0) is 26.9 Å². The Bertz CT molecular complexity index is 490. The van der Waals surface area contributed by atoms with Crippen LogP contribution in [0.25, 0.3) is 0 Å². The Hall–Kier alpha value is -0.730. The Morgan fingerprint density at radius 1 is 1.56 bits per heavy atom. The summed E-state index contributed by atoms with van der Waals surface area (Å²) >= 11 is 0. The fraction of sp³-hybridized carbons (Fsp3) is 0.667. The van der Waals surface area contributed by atoms with E-state index in [1.165, 1.54) is 10.9 Å². The monoisotopic (exact) mass is 302 g/mol. The first-order chi connectivity index (χ1) is 8.34. The van der Waals surface area contributed by atoms with Crippen molar-refractivity contribution >= 4 is 19.7 Å². The van der Waals surface area contributed by atoms with Crippen molar-refractivity contribution in [3.63, 3.8) is 0 Å². The molecule has 0 amide bonds. The highest BCUT2D eigenvalue weighted by atomic mass is 35.7. The first-order valence-corrected chi connectivity index (χ1v) is 7.52. The van der Waals surface area contributed by atoms with Crippen LogP contribution in [0.5, 0.6) is 0 Å². The van der Waals surface area contributed by atoms with Crippen molar-refractivity contribution in [2.24, 2.45) is 0 Å². The van der Waals surface area contributed by atoms with E-state index in [9.17, 15) is 17.2 Å². The third kappa shape index (κ3) is 4.51. The van der Waals surface area contributed by atoms with Crippen LogP contribution in [0.2, 0.25) is 0 Å². The Kier molecular flexibility index (Phi) is 5.48. The summed E-state index contributed by atoms with van der Waals surface area (Å²) in [6.45, 7) is 1.31. The summed E-state index contributed by atoms with van der Waals surface area (Å²) < 4.78 is 52.4. The van der Waals surface area contributed by atoms with Gasteiger partial charge in [-0.15, -0.1) is 0 Å². The number of alkyl halides is 2. The molecule has 0 aromatic carbocycles. The highest BCUT2D eigenvalue weighted by molar-refractivity contribution is 8.13. The van der Waals surface area contributed by atoms with Crippen molar-refractivity contribution in [1.29, 1.82) is 0 Å². The zero-order valence-electron chi connectivity index (χ0n) is 9.64. The molecule has 1 heterocycles. The van der Waals surface area contributed by atoms with Crippen LogP contribution < -0.4 is 0 Å². The van der Waals surface area contributed by atoms with E-state index in [2.05, 4.69) is 9.84 Å². The number of halogens is 3. The minimum Gasteiger partial charge on any atom is -0.369 e. The van der Waals surface area contributed by atoms with Gasteiger partial charge < -0.3 is 4.74 Å². The van der Waals surface area contributed by atoms with Gasteiger partial charge in [0.1, 0.15) is 17.2 Å². The molecule has 0 unspecified atom stereocenters. The Morgan fingerprint density at radius 3 is 2.72 bits per heavy atom. The van der Waals surface area contributed by atoms with Gasteiger partial charge in [0.2, 0.25) is 0 Å². The number of ether oxygens (including phenoxy) is 1. The van der Waals surface area contributed by atoms with E-state index in [1.54, 1.807) is 0 Å². The maximum atomic E-state index is 11.9. The second-order valence-electron chi connectivity index (χ2n) is 3.55. The van der Waals surface area contributed by atoms with Crippen LogP contribution in [0.3, 0.4) is 0 Å². The van der Waals surface area contributed by atoms with Crippen molar-refractivity contribution in [2.75, 3.05) is 6.61 Å². The van der Waals surface area contributed by atoms with Gasteiger partial charge in [0.05, 0.1) is 6.61 Å². The summed E-state index contributed by atoms with van der Waals surface area (Å²) in [7, 11) is 1.27. The number of aryl methyl sites for hydroxylation is 1.